The van der Waals surface area contributed by atoms with Gasteiger partial charge in [0.15, 0.2) is 5.75 Å². The second kappa shape index (κ2) is 9.67. The first kappa shape index (κ1) is 23.5. The highest BCUT2D eigenvalue weighted by Crippen LogP contribution is 2.40. The summed E-state index contributed by atoms with van der Waals surface area (Å²) in [6, 6.07) is 2.94. The van der Waals surface area contributed by atoms with Crippen LogP contribution in [0.25, 0.3) is 10.9 Å². The molecule has 1 aromatic carbocycles. The summed E-state index contributed by atoms with van der Waals surface area (Å²) in [6.45, 7) is 4.93. The molecule has 12 nitrogen and oxygen atoms in total. The number of nitrogens with zero attached hydrogens (tertiary/aromatic N) is 4. The SMILES string of the molecule is CCOC(=O)CCN1CCN(c2cc3c(cc2[N+](=O)[O-])c(=O)c(OC(=O)O)cn3C2CC2)CC1. The van der Waals surface area contributed by atoms with Crippen molar-refractivity contribution in [1.29, 1.82) is 0 Å². The Labute approximate surface area is 194 Å². The molecule has 1 N–H and O–H groups in total. The molecular weight excluding hydrogens is 448 g/mol. The fourth-order valence-electron chi connectivity index (χ4n) is 4.26. The van der Waals surface area contributed by atoms with Gasteiger partial charge in [0.2, 0.25) is 5.43 Å². The van der Waals surface area contributed by atoms with E-state index >= 15 is 0 Å². The highest BCUT2D eigenvalue weighted by Gasteiger charge is 2.30. The number of rotatable bonds is 8. The smallest absolute Gasteiger partial charge is 0.466 e. The third-order valence-electron chi connectivity index (χ3n) is 6.08. The van der Waals surface area contributed by atoms with Gasteiger partial charge >= 0.3 is 12.1 Å². The van der Waals surface area contributed by atoms with E-state index in [1.54, 1.807) is 17.6 Å². The van der Waals surface area contributed by atoms with Gasteiger partial charge in [0, 0.05) is 44.8 Å². The van der Waals surface area contributed by atoms with E-state index in [1.807, 2.05) is 4.90 Å². The maximum atomic E-state index is 12.9. The molecule has 4 rings (SSSR count). The van der Waals surface area contributed by atoms with E-state index in [0.29, 0.717) is 57.0 Å². The summed E-state index contributed by atoms with van der Waals surface area (Å²) in [5, 5.41) is 20.9. The molecule has 1 aliphatic carbocycles. The topological polar surface area (TPSA) is 144 Å². The number of ether oxygens (including phenoxy) is 2. The van der Waals surface area contributed by atoms with Crippen molar-refractivity contribution < 1.29 is 29.1 Å². The largest absolute Gasteiger partial charge is 0.511 e. The Morgan fingerprint density at radius 2 is 1.91 bits per heavy atom. The number of carbonyl (C=O) groups excluding carboxylic acids is 1. The number of hydrogen-bond acceptors (Lipinski definition) is 9. The lowest BCUT2D eigenvalue weighted by atomic mass is 10.1. The molecule has 1 saturated carbocycles. The third-order valence-corrected chi connectivity index (χ3v) is 6.08. The van der Waals surface area contributed by atoms with E-state index in [2.05, 4.69) is 9.64 Å². The van der Waals surface area contributed by atoms with Crippen molar-refractivity contribution in [3.05, 3.63) is 38.7 Å². The van der Waals surface area contributed by atoms with Crippen LogP contribution in [0.3, 0.4) is 0 Å². The lowest BCUT2D eigenvalue weighted by Gasteiger charge is -2.35. The van der Waals surface area contributed by atoms with Gasteiger partial charge in [-0.3, -0.25) is 24.6 Å². The molecular formula is C22H26N4O8. The van der Waals surface area contributed by atoms with E-state index in [1.165, 1.54) is 12.3 Å². The van der Waals surface area contributed by atoms with E-state index in [9.17, 15) is 24.5 Å². The first-order chi connectivity index (χ1) is 16.3. The lowest BCUT2D eigenvalue weighted by Crippen LogP contribution is -2.47. The fourth-order valence-corrected chi connectivity index (χ4v) is 4.26. The first-order valence-electron chi connectivity index (χ1n) is 11.2. The minimum atomic E-state index is -1.62. The zero-order valence-corrected chi connectivity index (χ0v) is 18.8. The van der Waals surface area contributed by atoms with Crippen LogP contribution in [0.15, 0.2) is 23.1 Å². The number of carbonyl (C=O) groups is 2. The highest BCUT2D eigenvalue weighted by molar-refractivity contribution is 5.89. The van der Waals surface area contributed by atoms with Gasteiger partial charge in [-0.25, -0.2) is 4.79 Å². The van der Waals surface area contributed by atoms with Crippen LogP contribution in [0.5, 0.6) is 5.75 Å². The number of hydrogen-bond donors (Lipinski definition) is 1. The van der Waals surface area contributed by atoms with Crippen LogP contribution in [-0.4, -0.2) is 71.0 Å². The number of anilines is 1. The van der Waals surface area contributed by atoms with Crippen molar-refractivity contribution in [3.8, 4) is 5.75 Å². The van der Waals surface area contributed by atoms with E-state index < -0.39 is 16.5 Å². The Hall–Kier alpha value is -3.67. The van der Waals surface area contributed by atoms with E-state index in [0.717, 1.165) is 12.8 Å². The van der Waals surface area contributed by atoms with Crippen LogP contribution in [0.2, 0.25) is 0 Å². The molecule has 2 aromatic rings. The van der Waals surface area contributed by atoms with Gasteiger partial charge in [0.25, 0.3) is 5.69 Å². The number of aromatic nitrogens is 1. The molecule has 0 amide bonds. The predicted octanol–water partition coefficient (Wildman–Crippen LogP) is 2.38. The van der Waals surface area contributed by atoms with Crippen LogP contribution < -0.4 is 15.1 Å². The van der Waals surface area contributed by atoms with E-state index in [4.69, 9.17) is 9.84 Å². The Kier molecular flexibility index (Phi) is 6.68. The Morgan fingerprint density at radius 3 is 2.50 bits per heavy atom. The molecule has 0 unspecified atom stereocenters. The van der Waals surface area contributed by atoms with Crippen LogP contribution in [0.1, 0.15) is 32.2 Å². The number of carboxylic acid groups (broad SMARTS) is 1. The molecule has 12 heteroatoms. The summed E-state index contributed by atoms with van der Waals surface area (Å²) in [4.78, 5) is 50.9. The number of nitro benzene ring substituents is 1. The normalized spacial score (nSPS) is 16.4. The van der Waals surface area contributed by atoms with Crippen molar-refractivity contribution in [2.45, 2.75) is 32.2 Å². The zero-order chi connectivity index (χ0) is 24.4. The summed E-state index contributed by atoms with van der Waals surface area (Å²) in [5.74, 6) is -0.622. The van der Waals surface area contributed by atoms with Gasteiger partial charge < -0.3 is 24.0 Å². The van der Waals surface area contributed by atoms with Gasteiger partial charge in [-0.15, -0.1) is 0 Å². The molecule has 2 heterocycles. The van der Waals surface area contributed by atoms with Crippen LogP contribution in [0.4, 0.5) is 16.2 Å². The van der Waals surface area contributed by atoms with Gasteiger partial charge in [-0.1, -0.05) is 0 Å². The Bertz CT molecular complexity index is 1180. The standard InChI is InChI=1S/C22H26N4O8/c1-2-33-20(27)5-6-23-7-9-24(10-8-23)17-12-16-15(11-18(17)26(31)32)21(28)19(34-22(29)30)13-25(16)14-3-4-14/h11-14H,2-10H2,1H3,(H,29,30). The molecule has 2 fully saturated rings. The second-order valence-corrected chi connectivity index (χ2v) is 8.33. The predicted molar refractivity (Wildman–Crippen MR) is 122 cm³/mol. The minimum Gasteiger partial charge on any atom is -0.466 e. The summed E-state index contributed by atoms with van der Waals surface area (Å²) >= 11 is 0. The van der Waals surface area contributed by atoms with Crippen molar-refractivity contribution in [2.75, 3.05) is 44.2 Å². The fraction of sp³-hybridized carbons (Fsp3) is 0.500. The quantitative estimate of drug-likeness (QED) is 0.344. The lowest BCUT2D eigenvalue weighted by molar-refractivity contribution is -0.384. The number of nitro groups is 1. The van der Waals surface area contributed by atoms with Gasteiger partial charge in [-0.2, -0.15) is 0 Å². The molecule has 0 bridgehead atoms. The maximum absolute atomic E-state index is 12.9. The summed E-state index contributed by atoms with van der Waals surface area (Å²) in [5.41, 5.74) is -0.00837. The third kappa shape index (κ3) is 4.96. The van der Waals surface area contributed by atoms with Gasteiger partial charge in [0.1, 0.15) is 5.69 Å². The molecule has 2 aliphatic rings. The summed E-state index contributed by atoms with van der Waals surface area (Å²) in [7, 11) is 0. The second-order valence-electron chi connectivity index (χ2n) is 8.33. The number of benzene rings is 1. The zero-order valence-electron chi connectivity index (χ0n) is 18.8. The maximum Gasteiger partial charge on any atom is 0.511 e. The minimum absolute atomic E-state index is 0.0502. The van der Waals surface area contributed by atoms with Crippen molar-refractivity contribution in [1.82, 2.24) is 9.47 Å². The monoisotopic (exact) mass is 474 g/mol. The van der Waals surface area contributed by atoms with Crippen LogP contribution >= 0.6 is 0 Å². The molecule has 0 atom stereocenters. The van der Waals surface area contributed by atoms with Crippen molar-refractivity contribution in [3.63, 3.8) is 0 Å². The average molecular weight is 474 g/mol. The molecule has 1 aliphatic heterocycles. The number of pyridine rings is 1. The van der Waals surface area contributed by atoms with Gasteiger partial charge in [0.05, 0.1) is 35.1 Å². The highest BCUT2D eigenvalue weighted by atomic mass is 16.7. The summed E-state index contributed by atoms with van der Waals surface area (Å²) < 4.78 is 11.4. The molecule has 1 saturated heterocycles. The number of fused-ring (bicyclic) bond motifs is 1. The van der Waals surface area contributed by atoms with Crippen molar-refractivity contribution >= 4 is 34.4 Å². The number of piperazine rings is 1. The molecule has 182 valence electrons. The Balaban J connectivity index is 1.64. The molecule has 1 aromatic heterocycles. The molecule has 0 spiro atoms. The average Bonchev–Trinajstić information content (AvgIpc) is 3.64. The molecule has 34 heavy (non-hydrogen) atoms. The van der Waals surface area contributed by atoms with Crippen LogP contribution in [0, 0.1) is 10.1 Å². The Morgan fingerprint density at radius 1 is 1.21 bits per heavy atom. The first-order valence-corrected chi connectivity index (χ1v) is 11.2. The van der Waals surface area contributed by atoms with E-state index in [-0.39, 0.29) is 28.8 Å². The molecule has 0 radical (unpaired) electrons. The summed E-state index contributed by atoms with van der Waals surface area (Å²) in [6.07, 6.45) is 1.76. The van der Waals surface area contributed by atoms with Gasteiger partial charge in [-0.05, 0) is 25.8 Å². The van der Waals surface area contributed by atoms with Crippen LogP contribution in [-0.2, 0) is 9.53 Å². The number of esters is 1. The van der Waals surface area contributed by atoms with Crippen molar-refractivity contribution in [2.24, 2.45) is 0 Å².